The first-order chi connectivity index (χ1) is 15.2. The summed E-state index contributed by atoms with van der Waals surface area (Å²) in [5.41, 5.74) is 2.14. The van der Waals surface area contributed by atoms with Gasteiger partial charge in [-0.3, -0.25) is 14.5 Å². The fourth-order valence-corrected chi connectivity index (χ4v) is 5.38. The van der Waals surface area contributed by atoms with Crippen LogP contribution in [0.1, 0.15) is 91.0 Å². The lowest BCUT2D eigenvalue weighted by atomic mass is 9.69. The lowest BCUT2D eigenvalue weighted by molar-refractivity contribution is -0.210. The van der Waals surface area contributed by atoms with Gasteiger partial charge in [-0.1, -0.05) is 84.0 Å². The summed E-state index contributed by atoms with van der Waals surface area (Å²) in [7, 11) is 0. The lowest BCUT2D eigenvalue weighted by Gasteiger charge is -2.59. The lowest BCUT2D eigenvalue weighted by Crippen LogP contribution is -2.74. The number of β-lactam (4-membered cyclic amide) rings is 1. The summed E-state index contributed by atoms with van der Waals surface area (Å²) in [5.74, 6) is -0.0336. The van der Waals surface area contributed by atoms with Crippen molar-refractivity contribution in [1.82, 2.24) is 0 Å². The van der Waals surface area contributed by atoms with Crippen LogP contribution in [0, 0.1) is 0 Å². The topological polar surface area (TPSA) is 46.6 Å². The molecule has 2 atom stereocenters. The molecule has 2 saturated heterocycles. The van der Waals surface area contributed by atoms with Crippen LogP contribution in [0.4, 0.5) is 5.69 Å². The van der Waals surface area contributed by atoms with Crippen molar-refractivity contribution in [3.8, 4) is 0 Å². The Kier molecular flexibility index (Phi) is 5.40. The highest BCUT2D eigenvalue weighted by Crippen LogP contribution is 2.56. The summed E-state index contributed by atoms with van der Waals surface area (Å²) < 4.78 is 6.51. The highest BCUT2D eigenvalue weighted by atomic mass is 16.5. The Labute approximate surface area is 198 Å². The summed E-state index contributed by atoms with van der Waals surface area (Å²) in [5, 5.41) is 0. The van der Waals surface area contributed by atoms with Crippen molar-refractivity contribution in [1.29, 1.82) is 0 Å². The molecule has 2 aromatic rings. The second-order valence-corrected chi connectivity index (χ2v) is 12.4. The zero-order chi connectivity index (χ0) is 24.4. The predicted octanol–water partition coefficient (Wildman–Crippen LogP) is 6.27. The number of rotatable bonds is 2. The van der Waals surface area contributed by atoms with Gasteiger partial charge in [0.25, 0.3) is 5.91 Å². The van der Waals surface area contributed by atoms with Crippen molar-refractivity contribution in [2.45, 2.75) is 96.3 Å². The molecule has 4 rings (SSSR count). The van der Waals surface area contributed by atoms with Crippen molar-refractivity contribution in [2.75, 3.05) is 4.90 Å². The van der Waals surface area contributed by atoms with Gasteiger partial charge in [-0.15, -0.1) is 0 Å². The van der Waals surface area contributed by atoms with Crippen LogP contribution in [0.25, 0.3) is 0 Å². The third-order valence-electron chi connectivity index (χ3n) is 6.87. The largest absolute Gasteiger partial charge is 0.356 e. The van der Waals surface area contributed by atoms with E-state index >= 15 is 0 Å². The van der Waals surface area contributed by atoms with E-state index in [1.807, 2.05) is 49.1 Å². The molecule has 0 radical (unpaired) electrons. The predicted molar refractivity (Wildman–Crippen MR) is 133 cm³/mol. The normalized spacial score (nSPS) is 25.3. The Morgan fingerprint density at radius 2 is 1.52 bits per heavy atom. The average molecular weight is 448 g/mol. The molecule has 0 unspecified atom stereocenters. The molecule has 0 saturated carbocycles. The van der Waals surface area contributed by atoms with Crippen LogP contribution in [-0.2, 0) is 25.2 Å². The number of hydrogen-bond acceptors (Lipinski definition) is 3. The molecule has 0 N–H and O–H groups in total. The zero-order valence-corrected chi connectivity index (χ0v) is 21.3. The summed E-state index contributed by atoms with van der Waals surface area (Å²) in [4.78, 5) is 28.7. The van der Waals surface area contributed by atoms with Crippen LogP contribution in [0.2, 0.25) is 0 Å². The van der Waals surface area contributed by atoms with E-state index in [0.29, 0.717) is 6.42 Å². The van der Waals surface area contributed by atoms with Gasteiger partial charge in [0.15, 0.2) is 5.60 Å². The van der Waals surface area contributed by atoms with Gasteiger partial charge in [-0.25, -0.2) is 0 Å². The highest BCUT2D eigenvalue weighted by Gasteiger charge is 2.67. The number of nitrogens with zero attached hydrogens (tertiary/aromatic N) is 1. The Hall–Kier alpha value is -2.46. The van der Waals surface area contributed by atoms with Gasteiger partial charge in [0.1, 0.15) is 11.8 Å². The van der Waals surface area contributed by atoms with Crippen molar-refractivity contribution in [2.24, 2.45) is 0 Å². The van der Waals surface area contributed by atoms with Gasteiger partial charge in [0.05, 0.1) is 5.60 Å². The van der Waals surface area contributed by atoms with Gasteiger partial charge < -0.3 is 4.74 Å². The van der Waals surface area contributed by atoms with Crippen LogP contribution >= 0.6 is 0 Å². The second kappa shape index (κ2) is 7.53. The maximum atomic E-state index is 14.0. The minimum Gasteiger partial charge on any atom is -0.356 e. The van der Waals surface area contributed by atoms with E-state index in [0.717, 1.165) is 16.8 Å². The molecule has 0 aliphatic carbocycles. The number of ketones is 1. The Bertz CT molecular complexity index is 1090. The van der Waals surface area contributed by atoms with Crippen LogP contribution < -0.4 is 4.90 Å². The summed E-state index contributed by atoms with van der Waals surface area (Å²) in [6.07, 6.45) is 0.450. The summed E-state index contributed by atoms with van der Waals surface area (Å²) >= 11 is 0. The Morgan fingerprint density at radius 3 is 2.06 bits per heavy atom. The van der Waals surface area contributed by atoms with E-state index < -0.39 is 11.2 Å². The molecular formula is C29H37NO3. The SMILES string of the molecule is CC1(C)CC(=O)C[C@]2(O1)C(=O)N(c1cc(C(C)(C)C)ccc1C(C)(C)C)[C@H]2c1ccccc1. The third kappa shape index (κ3) is 4.03. The second-order valence-electron chi connectivity index (χ2n) is 12.4. The standard InChI is InChI=1S/C29H37NO3/c1-26(2,3)20-14-15-22(27(4,5)6)23(16-20)30-24(19-12-10-9-11-13-19)29(25(30)32)18-21(31)17-28(7,8)33-29/h9-16,24H,17-18H2,1-8H3/t24-,29+/m0/s1. The maximum Gasteiger partial charge on any atom is 0.262 e. The molecule has 1 amide bonds. The molecule has 176 valence electrons. The number of Topliss-reactive ketones (excluding diaryl/α,β-unsaturated/α-hetero) is 1. The van der Waals surface area contributed by atoms with E-state index in [4.69, 9.17) is 4.74 Å². The number of hydrogen-bond donors (Lipinski definition) is 0. The average Bonchev–Trinajstić information content (AvgIpc) is 2.68. The van der Waals surface area contributed by atoms with Crippen LogP contribution in [0.15, 0.2) is 48.5 Å². The number of anilines is 1. The quantitative estimate of drug-likeness (QED) is 0.510. The molecule has 4 heteroatoms. The van der Waals surface area contributed by atoms with Crippen molar-refractivity contribution >= 4 is 17.4 Å². The number of ether oxygens (including phenoxy) is 1. The number of amides is 1. The fraction of sp³-hybridized carbons (Fsp3) is 0.517. The zero-order valence-electron chi connectivity index (χ0n) is 21.3. The number of carbonyl (C=O) groups is 2. The van der Waals surface area contributed by atoms with Crippen molar-refractivity contribution in [3.05, 3.63) is 65.2 Å². The Morgan fingerprint density at radius 1 is 0.879 bits per heavy atom. The molecule has 2 aromatic carbocycles. The number of benzene rings is 2. The molecule has 0 bridgehead atoms. The van der Waals surface area contributed by atoms with Gasteiger partial charge in [-0.05, 0) is 47.4 Å². The third-order valence-corrected chi connectivity index (χ3v) is 6.87. The molecule has 4 nitrogen and oxygen atoms in total. The van der Waals surface area contributed by atoms with Gasteiger partial charge in [-0.2, -0.15) is 0 Å². The minimum atomic E-state index is -1.16. The first kappa shape index (κ1) is 23.7. The molecular weight excluding hydrogens is 410 g/mol. The fourth-order valence-electron chi connectivity index (χ4n) is 5.38. The van der Waals surface area contributed by atoms with Gasteiger partial charge in [0.2, 0.25) is 0 Å². The van der Waals surface area contributed by atoms with Crippen LogP contribution in [0.3, 0.4) is 0 Å². The summed E-state index contributed by atoms with van der Waals surface area (Å²) in [6.45, 7) is 16.9. The van der Waals surface area contributed by atoms with E-state index in [-0.39, 0.29) is 35.0 Å². The maximum absolute atomic E-state index is 14.0. The van der Waals surface area contributed by atoms with Crippen molar-refractivity contribution < 1.29 is 14.3 Å². The molecule has 33 heavy (non-hydrogen) atoms. The van der Waals surface area contributed by atoms with E-state index in [1.165, 1.54) is 5.56 Å². The first-order valence-corrected chi connectivity index (χ1v) is 11.9. The number of carbonyl (C=O) groups excluding carboxylic acids is 2. The van der Waals surface area contributed by atoms with Crippen LogP contribution in [0.5, 0.6) is 0 Å². The van der Waals surface area contributed by atoms with Gasteiger partial charge in [0, 0.05) is 18.5 Å². The van der Waals surface area contributed by atoms with E-state index in [1.54, 1.807) is 0 Å². The van der Waals surface area contributed by atoms with Gasteiger partial charge >= 0.3 is 0 Å². The van der Waals surface area contributed by atoms with Crippen LogP contribution in [-0.4, -0.2) is 22.9 Å². The van der Waals surface area contributed by atoms with Crippen molar-refractivity contribution in [3.63, 3.8) is 0 Å². The van der Waals surface area contributed by atoms with E-state index in [2.05, 4.69) is 59.7 Å². The molecule has 2 aliphatic rings. The molecule has 2 aliphatic heterocycles. The first-order valence-electron chi connectivity index (χ1n) is 11.9. The monoisotopic (exact) mass is 447 g/mol. The Balaban J connectivity index is 1.93. The summed E-state index contributed by atoms with van der Waals surface area (Å²) in [6, 6.07) is 16.1. The minimum absolute atomic E-state index is 0.0572. The molecule has 0 aromatic heterocycles. The highest BCUT2D eigenvalue weighted by molar-refractivity contribution is 6.11. The van der Waals surface area contributed by atoms with E-state index in [9.17, 15) is 9.59 Å². The molecule has 2 heterocycles. The molecule has 2 fully saturated rings. The molecule has 1 spiro atoms. The smallest absolute Gasteiger partial charge is 0.262 e.